The predicted octanol–water partition coefficient (Wildman–Crippen LogP) is 3.74. The Bertz CT molecular complexity index is 550. The number of aldehydes is 1. The van der Waals surface area contributed by atoms with E-state index in [1.165, 1.54) is 6.07 Å². The molecule has 3 heteroatoms. The third kappa shape index (κ3) is 2.69. The van der Waals surface area contributed by atoms with Crippen LogP contribution in [0.2, 0.25) is 0 Å². The summed E-state index contributed by atoms with van der Waals surface area (Å²) in [6.45, 7) is 1.86. The molecule has 0 bridgehead atoms. The van der Waals surface area contributed by atoms with Crippen molar-refractivity contribution in [1.29, 1.82) is 0 Å². The highest BCUT2D eigenvalue weighted by Crippen LogP contribution is 2.25. The van der Waals surface area contributed by atoms with Crippen molar-refractivity contribution in [2.45, 2.75) is 6.92 Å². The van der Waals surface area contributed by atoms with Crippen LogP contribution in [0.5, 0.6) is 11.5 Å². The number of aryl methyl sites for hydroxylation is 1. The Labute approximate surface area is 98.7 Å². The largest absolute Gasteiger partial charge is 0.454 e. The summed E-state index contributed by atoms with van der Waals surface area (Å²) in [7, 11) is 0. The molecule has 0 unspecified atom stereocenters. The van der Waals surface area contributed by atoms with Crippen LogP contribution in [0.25, 0.3) is 0 Å². The summed E-state index contributed by atoms with van der Waals surface area (Å²) in [6, 6.07) is 11.2. The van der Waals surface area contributed by atoms with E-state index >= 15 is 0 Å². The maximum Gasteiger partial charge on any atom is 0.165 e. The number of carbonyl (C=O) groups excluding carboxylic acids is 1. The van der Waals surface area contributed by atoms with Crippen LogP contribution in [0, 0.1) is 12.7 Å². The van der Waals surface area contributed by atoms with Crippen molar-refractivity contribution in [3.8, 4) is 11.5 Å². The molecule has 0 aliphatic heterocycles. The van der Waals surface area contributed by atoms with E-state index in [9.17, 15) is 9.18 Å². The van der Waals surface area contributed by atoms with Crippen molar-refractivity contribution in [1.82, 2.24) is 0 Å². The number of ether oxygens (including phenoxy) is 1. The average molecular weight is 230 g/mol. The van der Waals surface area contributed by atoms with Crippen molar-refractivity contribution >= 4 is 6.29 Å². The smallest absolute Gasteiger partial charge is 0.165 e. The van der Waals surface area contributed by atoms with Crippen molar-refractivity contribution in [3.05, 3.63) is 59.4 Å². The fourth-order valence-electron chi connectivity index (χ4n) is 1.47. The zero-order valence-corrected chi connectivity index (χ0v) is 9.31. The second-order valence-electron chi connectivity index (χ2n) is 3.73. The Hall–Kier alpha value is -2.16. The van der Waals surface area contributed by atoms with Crippen LogP contribution in [-0.4, -0.2) is 6.29 Å². The van der Waals surface area contributed by atoms with Crippen LogP contribution in [0.4, 0.5) is 4.39 Å². The van der Waals surface area contributed by atoms with Crippen LogP contribution in [0.1, 0.15) is 15.9 Å². The Kier molecular flexibility index (Phi) is 3.19. The number of rotatable bonds is 3. The van der Waals surface area contributed by atoms with Crippen LogP contribution >= 0.6 is 0 Å². The van der Waals surface area contributed by atoms with Gasteiger partial charge in [-0.3, -0.25) is 4.79 Å². The first-order valence-electron chi connectivity index (χ1n) is 5.18. The predicted molar refractivity (Wildman–Crippen MR) is 63.0 cm³/mol. The topological polar surface area (TPSA) is 26.3 Å². The van der Waals surface area contributed by atoms with Crippen molar-refractivity contribution in [2.75, 3.05) is 0 Å². The highest BCUT2D eigenvalue weighted by atomic mass is 19.1. The van der Waals surface area contributed by atoms with Gasteiger partial charge in [0, 0.05) is 5.56 Å². The molecule has 17 heavy (non-hydrogen) atoms. The molecule has 2 aromatic carbocycles. The summed E-state index contributed by atoms with van der Waals surface area (Å²) < 4.78 is 18.8. The highest BCUT2D eigenvalue weighted by molar-refractivity contribution is 5.75. The number of halogens is 1. The number of benzene rings is 2. The van der Waals surface area contributed by atoms with Gasteiger partial charge in [0.05, 0.1) is 0 Å². The molecule has 0 fully saturated rings. The molecule has 86 valence electrons. The normalized spacial score (nSPS) is 10.0. The number of carbonyl (C=O) groups is 1. The van der Waals surface area contributed by atoms with E-state index in [4.69, 9.17) is 4.74 Å². The number of hydrogen-bond acceptors (Lipinski definition) is 2. The van der Waals surface area contributed by atoms with Crippen LogP contribution in [-0.2, 0) is 0 Å². The van der Waals surface area contributed by atoms with E-state index in [0.29, 0.717) is 11.3 Å². The minimum atomic E-state index is -0.424. The Morgan fingerprint density at radius 3 is 2.76 bits per heavy atom. The monoisotopic (exact) mass is 230 g/mol. The molecule has 0 saturated heterocycles. The SMILES string of the molecule is Cc1ccc(F)c(Oc2cccc(C=O)c2)c1. The van der Waals surface area contributed by atoms with Crippen LogP contribution in [0.3, 0.4) is 0 Å². The fraction of sp³-hybridized carbons (Fsp3) is 0.0714. The second-order valence-corrected chi connectivity index (χ2v) is 3.73. The van der Waals surface area contributed by atoms with Gasteiger partial charge in [-0.1, -0.05) is 18.2 Å². The van der Waals surface area contributed by atoms with Gasteiger partial charge in [0.15, 0.2) is 11.6 Å². The number of hydrogen-bond donors (Lipinski definition) is 0. The van der Waals surface area contributed by atoms with E-state index in [1.807, 2.05) is 6.92 Å². The fourth-order valence-corrected chi connectivity index (χ4v) is 1.47. The lowest BCUT2D eigenvalue weighted by molar-refractivity contribution is 0.112. The van der Waals surface area contributed by atoms with Gasteiger partial charge in [-0.2, -0.15) is 0 Å². The van der Waals surface area contributed by atoms with E-state index in [-0.39, 0.29) is 5.75 Å². The summed E-state index contributed by atoms with van der Waals surface area (Å²) in [5.41, 5.74) is 1.41. The van der Waals surface area contributed by atoms with Crippen molar-refractivity contribution in [2.24, 2.45) is 0 Å². The van der Waals surface area contributed by atoms with Gasteiger partial charge in [0.1, 0.15) is 12.0 Å². The molecule has 2 nitrogen and oxygen atoms in total. The molecule has 0 amide bonds. The molecule has 0 aliphatic rings. The summed E-state index contributed by atoms with van der Waals surface area (Å²) in [5.74, 6) is 0.180. The van der Waals surface area contributed by atoms with Crippen molar-refractivity contribution < 1.29 is 13.9 Å². The summed E-state index contributed by atoms with van der Waals surface area (Å²) in [5, 5.41) is 0. The molecule has 2 aromatic rings. The quantitative estimate of drug-likeness (QED) is 0.751. The van der Waals surface area contributed by atoms with Gasteiger partial charge >= 0.3 is 0 Å². The van der Waals surface area contributed by atoms with Gasteiger partial charge in [-0.25, -0.2) is 4.39 Å². The minimum absolute atomic E-state index is 0.160. The van der Waals surface area contributed by atoms with E-state index in [2.05, 4.69) is 0 Å². The lowest BCUT2D eigenvalue weighted by Gasteiger charge is -2.07. The lowest BCUT2D eigenvalue weighted by Crippen LogP contribution is -1.90. The standard InChI is InChI=1S/C14H11FO2/c1-10-5-6-13(15)14(7-10)17-12-4-2-3-11(8-12)9-16/h2-9H,1H3. The maximum atomic E-state index is 13.4. The average Bonchev–Trinajstić information content (AvgIpc) is 2.34. The van der Waals surface area contributed by atoms with Gasteiger partial charge < -0.3 is 4.74 Å². The Morgan fingerprint density at radius 2 is 2.00 bits per heavy atom. The Balaban J connectivity index is 2.30. The van der Waals surface area contributed by atoms with E-state index in [1.54, 1.807) is 36.4 Å². The molecular formula is C14H11FO2. The summed E-state index contributed by atoms with van der Waals surface area (Å²) in [4.78, 5) is 10.6. The first kappa shape index (κ1) is 11.3. The van der Waals surface area contributed by atoms with E-state index in [0.717, 1.165) is 11.8 Å². The van der Waals surface area contributed by atoms with E-state index < -0.39 is 5.82 Å². The summed E-state index contributed by atoms with van der Waals surface area (Å²) in [6.07, 6.45) is 0.722. The molecule has 0 radical (unpaired) electrons. The van der Waals surface area contributed by atoms with Crippen molar-refractivity contribution in [3.63, 3.8) is 0 Å². The minimum Gasteiger partial charge on any atom is -0.454 e. The highest BCUT2D eigenvalue weighted by Gasteiger charge is 2.05. The molecule has 0 aliphatic carbocycles. The third-order valence-electron chi connectivity index (χ3n) is 2.31. The molecule has 2 rings (SSSR count). The van der Waals surface area contributed by atoms with Gasteiger partial charge in [0.25, 0.3) is 0 Å². The zero-order chi connectivity index (χ0) is 12.3. The second kappa shape index (κ2) is 4.78. The molecule has 0 heterocycles. The van der Waals surface area contributed by atoms with Gasteiger partial charge in [-0.15, -0.1) is 0 Å². The molecular weight excluding hydrogens is 219 g/mol. The third-order valence-corrected chi connectivity index (χ3v) is 2.31. The first-order chi connectivity index (χ1) is 8.19. The molecule has 0 saturated carbocycles. The van der Waals surface area contributed by atoms with Crippen LogP contribution in [0.15, 0.2) is 42.5 Å². The molecule has 0 N–H and O–H groups in total. The lowest BCUT2D eigenvalue weighted by atomic mass is 10.2. The van der Waals surface area contributed by atoms with Gasteiger partial charge in [0.2, 0.25) is 0 Å². The first-order valence-corrected chi connectivity index (χ1v) is 5.18. The Morgan fingerprint density at radius 1 is 1.18 bits per heavy atom. The molecule has 0 aromatic heterocycles. The molecule has 0 spiro atoms. The summed E-state index contributed by atoms with van der Waals surface area (Å²) >= 11 is 0. The van der Waals surface area contributed by atoms with Crippen LogP contribution < -0.4 is 4.74 Å². The maximum absolute atomic E-state index is 13.4. The zero-order valence-electron chi connectivity index (χ0n) is 9.31. The molecule has 0 atom stereocenters. The van der Waals surface area contributed by atoms with Gasteiger partial charge in [-0.05, 0) is 36.8 Å².